The van der Waals surface area contributed by atoms with E-state index in [2.05, 4.69) is 243 Å². The number of aromatic nitrogens is 7. The van der Waals surface area contributed by atoms with Gasteiger partial charge in [0.2, 0.25) is 0 Å². The number of fused-ring (bicyclic) bond motifs is 9. The van der Waals surface area contributed by atoms with Crippen molar-refractivity contribution in [1.29, 1.82) is 0 Å². The van der Waals surface area contributed by atoms with Crippen LogP contribution in [0.2, 0.25) is 0 Å². The van der Waals surface area contributed by atoms with E-state index in [9.17, 15) is 0 Å². The second kappa shape index (κ2) is 17.6. The van der Waals surface area contributed by atoms with Crippen LogP contribution in [0.25, 0.3) is 128 Å². The van der Waals surface area contributed by atoms with Gasteiger partial charge in [-0.3, -0.25) is 9.97 Å². The van der Waals surface area contributed by atoms with Gasteiger partial charge in [0.1, 0.15) is 0 Å². The van der Waals surface area contributed by atoms with Crippen LogP contribution >= 0.6 is 0 Å². The number of benzene rings is 8. The van der Waals surface area contributed by atoms with Gasteiger partial charge >= 0.3 is 0 Å². The first-order valence-corrected chi connectivity index (χ1v) is 26.5. The van der Waals surface area contributed by atoms with Crippen LogP contribution in [0.15, 0.2) is 225 Å². The van der Waals surface area contributed by atoms with Crippen molar-refractivity contribution in [2.75, 3.05) is 0 Å². The molecule has 14 rings (SSSR count). The molecule has 0 aliphatic heterocycles. The van der Waals surface area contributed by atoms with Gasteiger partial charge in [-0.25, -0.2) is 9.97 Å². The molecule has 6 heterocycles. The van der Waals surface area contributed by atoms with Crippen LogP contribution < -0.4 is 0 Å². The lowest BCUT2D eigenvalue weighted by Crippen LogP contribution is -2.11. The van der Waals surface area contributed by atoms with E-state index in [1.54, 1.807) is 0 Å². The molecule has 0 unspecified atom stereocenters. The summed E-state index contributed by atoms with van der Waals surface area (Å²) in [7, 11) is 0. The van der Waals surface area contributed by atoms with Crippen LogP contribution in [-0.4, -0.2) is 33.6 Å². The van der Waals surface area contributed by atoms with Crippen molar-refractivity contribution in [2.24, 2.45) is 0 Å². The largest absolute Gasteiger partial charge is 0.305 e. The molecule has 0 atom stereocenters. The zero-order valence-electron chi connectivity index (χ0n) is 44.0. The first kappa shape index (κ1) is 46.1. The maximum atomic E-state index is 5.21. The fraction of sp³-hybridized carbons (Fsp3) is 0.114. The number of hydrogen-bond donors (Lipinski definition) is 0. The number of pyridine rings is 2. The molecule has 0 aliphatic rings. The van der Waals surface area contributed by atoms with Crippen molar-refractivity contribution < 1.29 is 0 Å². The molecule has 7 heteroatoms. The molecule has 0 fully saturated rings. The second-order valence-electron chi connectivity index (χ2n) is 22.4. The molecule has 0 bridgehead atoms. The average Bonchev–Trinajstić information content (AvgIpc) is 4.21. The van der Waals surface area contributed by atoms with Crippen molar-refractivity contribution in [3.8, 4) is 62.1 Å². The lowest BCUT2D eigenvalue weighted by Gasteiger charge is -2.24. The zero-order chi connectivity index (χ0) is 52.2. The van der Waals surface area contributed by atoms with Gasteiger partial charge < -0.3 is 13.7 Å². The van der Waals surface area contributed by atoms with Crippen LogP contribution in [0.1, 0.15) is 52.7 Å². The Balaban J connectivity index is 1.11. The number of nitrogens with zero attached hydrogens (tertiary/aromatic N) is 7. The van der Waals surface area contributed by atoms with Crippen molar-refractivity contribution in [2.45, 2.75) is 52.4 Å². The average molecular weight is 994 g/mol. The number of para-hydroxylation sites is 2. The van der Waals surface area contributed by atoms with Gasteiger partial charge in [0.25, 0.3) is 0 Å². The lowest BCUT2D eigenvalue weighted by atomic mass is 9.85. The van der Waals surface area contributed by atoms with Crippen LogP contribution in [0.3, 0.4) is 0 Å². The minimum atomic E-state index is -0.0639. The van der Waals surface area contributed by atoms with Crippen LogP contribution in [0.5, 0.6) is 0 Å². The predicted octanol–water partition coefficient (Wildman–Crippen LogP) is 17.8. The van der Waals surface area contributed by atoms with Crippen molar-refractivity contribution in [1.82, 2.24) is 33.6 Å². The molecule has 0 saturated heterocycles. The third-order valence-electron chi connectivity index (χ3n) is 15.5. The Morgan fingerprint density at radius 1 is 0.312 bits per heavy atom. The standard InChI is InChI=1S/C70H55N7/c1-69(2,3)49-33-35-59-53(41-49)54-42-50(70(4,5)6)34-36-60(54)77(59)67-63(75-57-25-15-13-23-51(57)65-61(75)27-17-37-71-65)39-48(40-64(67)76-58-26-16-14-24-52(58)66-62(76)28-18-38-72-66)44-29-31-46(32-30-44)56-43-55(45-19-9-7-10-20-45)73-68(74-56)47-21-11-8-12-22-47/h7-43H,1-6H3. The Labute approximate surface area is 447 Å². The summed E-state index contributed by atoms with van der Waals surface area (Å²) in [5, 5.41) is 4.62. The zero-order valence-corrected chi connectivity index (χ0v) is 44.0. The maximum Gasteiger partial charge on any atom is 0.160 e. The number of hydrogen-bond acceptors (Lipinski definition) is 4. The van der Waals surface area contributed by atoms with Gasteiger partial charge in [-0.05, 0) is 112 Å². The summed E-state index contributed by atoms with van der Waals surface area (Å²) in [6, 6.07) is 76.6. The third kappa shape index (κ3) is 7.63. The van der Waals surface area contributed by atoms with Crippen molar-refractivity contribution >= 4 is 65.7 Å². The molecule has 0 N–H and O–H groups in total. The highest BCUT2D eigenvalue weighted by atomic mass is 15.1. The van der Waals surface area contributed by atoms with Gasteiger partial charge in [0.05, 0.1) is 72.6 Å². The predicted molar refractivity (Wildman–Crippen MR) is 320 cm³/mol. The molecule has 8 aromatic carbocycles. The Morgan fingerprint density at radius 3 is 1.22 bits per heavy atom. The van der Waals surface area contributed by atoms with Gasteiger partial charge in [0.15, 0.2) is 5.82 Å². The molecule has 0 spiro atoms. The van der Waals surface area contributed by atoms with Crippen LogP contribution in [0.4, 0.5) is 0 Å². The topological polar surface area (TPSA) is 66.3 Å². The van der Waals surface area contributed by atoms with Gasteiger partial charge in [-0.1, -0.05) is 175 Å². The maximum absolute atomic E-state index is 5.21. The van der Waals surface area contributed by atoms with Crippen molar-refractivity contribution in [3.05, 3.63) is 236 Å². The molecule has 6 aromatic heterocycles. The summed E-state index contributed by atoms with van der Waals surface area (Å²) >= 11 is 0. The normalized spacial score (nSPS) is 12.3. The van der Waals surface area contributed by atoms with E-state index in [0.717, 1.165) is 111 Å². The highest BCUT2D eigenvalue weighted by Crippen LogP contribution is 2.46. The van der Waals surface area contributed by atoms with Crippen LogP contribution in [-0.2, 0) is 10.8 Å². The van der Waals surface area contributed by atoms with E-state index in [-0.39, 0.29) is 10.8 Å². The second-order valence-corrected chi connectivity index (χ2v) is 22.4. The molecule has 14 aromatic rings. The summed E-state index contributed by atoms with van der Waals surface area (Å²) < 4.78 is 7.43. The van der Waals surface area contributed by atoms with E-state index < -0.39 is 0 Å². The smallest absolute Gasteiger partial charge is 0.160 e. The quantitative estimate of drug-likeness (QED) is 0.160. The highest BCUT2D eigenvalue weighted by molar-refractivity contribution is 6.13. The summed E-state index contributed by atoms with van der Waals surface area (Å²) in [5.41, 5.74) is 20.7. The van der Waals surface area contributed by atoms with Gasteiger partial charge in [-0.15, -0.1) is 0 Å². The fourth-order valence-corrected chi connectivity index (χ4v) is 11.5. The molecule has 77 heavy (non-hydrogen) atoms. The molecule has 0 saturated carbocycles. The Bertz CT molecular complexity index is 4250. The van der Waals surface area contributed by atoms with E-state index in [1.807, 2.05) is 36.7 Å². The molecule has 0 radical (unpaired) electrons. The lowest BCUT2D eigenvalue weighted by molar-refractivity contribution is 0.590. The SMILES string of the molecule is CC(C)(C)c1ccc2c(c1)c1cc(C(C)(C)C)ccc1n2-c1c(-n2c3ccccc3c3ncccc32)cc(-c2ccc(-c3cc(-c4ccccc4)nc(-c4ccccc4)n3)cc2)cc1-n1c2ccccc2c2ncccc21. The minimum absolute atomic E-state index is 0.0639. The summed E-state index contributed by atoms with van der Waals surface area (Å²) in [4.78, 5) is 20.5. The van der Waals surface area contributed by atoms with E-state index in [0.29, 0.717) is 5.82 Å². The number of rotatable bonds is 7. The first-order chi connectivity index (χ1) is 37.5. The monoisotopic (exact) mass is 993 g/mol. The van der Waals surface area contributed by atoms with E-state index >= 15 is 0 Å². The summed E-state index contributed by atoms with van der Waals surface area (Å²) in [5.74, 6) is 0.687. The van der Waals surface area contributed by atoms with E-state index in [4.69, 9.17) is 19.9 Å². The Kier molecular flexibility index (Phi) is 10.5. The Morgan fingerprint density at radius 2 is 0.727 bits per heavy atom. The third-order valence-corrected chi connectivity index (χ3v) is 15.5. The van der Waals surface area contributed by atoms with Gasteiger partial charge in [0, 0.05) is 50.6 Å². The molecule has 7 nitrogen and oxygen atoms in total. The van der Waals surface area contributed by atoms with Gasteiger partial charge in [-0.2, -0.15) is 0 Å². The van der Waals surface area contributed by atoms with Crippen molar-refractivity contribution in [3.63, 3.8) is 0 Å². The van der Waals surface area contributed by atoms with E-state index in [1.165, 1.54) is 21.9 Å². The molecular formula is C70H55N7. The Hall–Kier alpha value is -9.46. The summed E-state index contributed by atoms with van der Waals surface area (Å²) in [6.45, 7) is 13.8. The highest BCUT2D eigenvalue weighted by Gasteiger charge is 2.28. The molecule has 0 aliphatic carbocycles. The van der Waals surface area contributed by atoms with Crippen LogP contribution in [0, 0.1) is 0 Å². The molecular weight excluding hydrogens is 939 g/mol. The first-order valence-electron chi connectivity index (χ1n) is 26.5. The fourth-order valence-electron chi connectivity index (χ4n) is 11.5. The molecule has 0 amide bonds. The molecule has 370 valence electrons. The minimum Gasteiger partial charge on any atom is -0.305 e. The summed E-state index contributed by atoms with van der Waals surface area (Å²) in [6.07, 6.45) is 3.81.